The fourth-order valence-electron chi connectivity index (χ4n) is 3.07. The van der Waals surface area contributed by atoms with E-state index in [9.17, 15) is 13.2 Å². The smallest absolute Gasteiger partial charge is 0.243 e. The van der Waals surface area contributed by atoms with Crippen LogP contribution < -0.4 is 5.32 Å². The van der Waals surface area contributed by atoms with Gasteiger partial charge in [0.2, 0.25) is 15.9 Å². The maximum absolute atomic E-state index is 12.8. The summed E-state index contributed by atoms with van der Waals surface area (Å²) in [6.45, 7) is 1.02. The minimum absolute atomic E-state index is 0.124. The summed E-state index contributed by atoms with van der Waals surface area (Å²) in [4.78, 5) is 12.8. The monoisotopic (exact) mass is 470 g/mol. The number of nitrogens with zero attached hydrogens (tertiary/aromatic N) is 1. The Labute approximate surface area is 172 Å². The average Bonchev–Trinajstić information content (AvgIpc) is 2.68. The molecule has 0 aliphatic carbocycles. The number of halogens is 2. The Morgan fingerprint density at radius 2 is 1.81 bits per heavy atom. The van der Waals surface area contributed by atoms with Crippen LogP contribution in [-0.2, 0) is 21.4 Å². The molecule has 0 bridgehead atoms. The van der Waals surface area contributed by atoms with E-state index < -0.39 is 10.0 Å². The van der Waals surface area contributed by atoms with Crippen molar-refractivity contribution in [2.45, 2.75) is 24.3 Å². The van der Waals surface area contributed by atoms with E-state index in [2.05, 4.69) is 21.2 Å². The minimum atomic E-state index is -3.60. The molecule has 1 saturated heterocycles. The zero-order valence-electron chi connectivity index (χ0n) is 14.6. The Morgan fingerprint density at radius 1 is 1.15 bits per heavy atom. The predicted octanol–water partition coefficient (Wildman–Crippen LogP) is 3.82. The summed E-state index contributed by atoms with van der Waals surface area (Å²) in [5, 5.41) is 3.54. The van der Waals surface area contributed by atoms with E-state index in [-0.39, 0.29) is 23.3 Å². The molecular formula is C19H20BrClN2O3S. The van der Waals surface area contributed by atoms with E-state index >= 15 is 0 Å². The third-order valence-electron chi connectivity index (χ3n) is 4.59. The highest BCUT2D eigenvalue weighted by molar-refractivity contribution is 9.10. The van der Waals surface area contributed by atoms with E-state index in [1.54, 1.807) is 36.4 Å². The highest BCUT2D eigenvalue weighted by Crippen LogP contribution is 2.25. The summed E-state index contributed by atoms with van der Waals surface area (Å²) in [6.07, 6.45) is 1.34. The van der Waals surface area contributed by atoms with Crippen LogP contribution in [0.25, 0.3) is 0 Å². The number of sulfonamides is 1. The number of rotatable bonds is 5. The first-order valence-electron chi connectivity index (χ1n) is 8.64. The lowest BCUT2D eigenvalue weighted by Crippen LogP contribution is -2.45. The van der Waals surface area contributed by atoms with Gasteiger partial charge in [0.15, 0.2) is 0 Å². The molecule has 0 radical (unpaired) electrons. The van der Waals surface area contributed by atoms with Crippen LogP contribution in [0.3, 0.4) is 0 Å². The predicted molar refractivity (Wildman–Crippen MR) is 109 cm³/mol. The number of amides is 1. The molecule has 0 aromatic heterocycles. The van der Waals surface area contributed by atoms with Crippen molar-refractivity contribution in [2.24, 2.45) is 5.92 Å². The number of piperidine rings is 1. The quantitative estimate of drug-likeness (QED) is 0.721. The first-order chi connectivity index (χ1) is 12.9. The highest BCUT2D eigenvalue weighted by atomic mass is 79.9. The van der Waals surface area contributed by atoms with Crippen LogP contribution >= 0.6 is 27.5 Å². The molecule has 2 aromatic carbocycles. The van der Waals surface area contributed by atoms with Crippen LogP contribution in [0.2, 0.25) is 5.02 Å². The maximum atomic E-state index is 12.8. The molecule has 2 aromatic rings. The standard InChI is InChI=1S/C19H20BrClN2O3S/c20-16-5-9-18(10-6-16)27(25,26)23-11-1-2-15(13-23)19(24)22-12-14-3-7-17(21)8-4-14/h3-10,15H,1-2,11-13H2,(H,22,24)/t15-/m1/s1. The summed E-state index contributed by atoms with van der Waals surface area (Å²) in [7, 11) is -3.60. The Balaban J connectivity index is 1.63. The van der Waals surface area contributed by atoms with Gasteiger partial charge in [-0.15, -0.1) is 0 Å². The van der Waals surface area contributed by atoms with Crippen LogP contribution in [0.15, 0.2) is 57.9 Å². The fourth-order valence-corrected chi connectivity index (χ4v) is 4.98. The zero-order chi connectivity index (χ0) is 19.4. The minimum Gasteiger partial charge on any atom is -0.352 e. The summed E-state index contributed by atoms with van der Waals surface area (Å²) < 4.78 is 27.9. The number of nitrogens with one attached hydrogen (secondary N) is 1. The third kappa shape index (κ3) is 5.10. The van der Waals surface area contributed by atoms with E-state index in [1.165, 1.54) is 4.31 Å². The Morgan fingerprint density at radius 3 is 2.48 bits per heavy atom. The average molecular weight is 472 g/mol. The zero-order valence-corrected chi connectivity index (χ0v) is 17.7. The lowest BCUT2D eigenvalue weighted by Gasteiger charge is -2.31. The van der Waals surface area contributed by atoms with Crippen molar-refractivity contribution >= 4 is 43.5 Å². The molecule has 1 aliphatic heterocycles. The number of benzene rings is 2. The van der Waals surface area contributed by atoms with Crippen LogP contribution in [-0.4, -0.2) is 31.7 Å². The van der Waals surface area contributed by atoms with Gasteiger partial charge in [0, 0.05) is 29.1 Å². The first kappa shape index (κ1) is 20.3. The van der Waals surface area contributed by atoms with Crippen molar-refractivity contribution in [3.63, 3.8) is 0 Å². The van der Waals surface area contributed by atoms with Crippen molar-refractivity contribution in [1.82, 2.24) is 9.62 Å². The van der Waals surface area contributed by atoms with Crippen molar-refractivity contribution in [2.75, 3.05) is 13.1 Å². The summed E-state index contributed by atoms with van der Waals surface area (Å²) >= 11 is 9.17. The summed E-state index contributed by atoms with van der Waals surface area (Å²) in [5.41, 5.74) is 0.947. The molecule has 8 heteroatoms. The summed E-state index contributed by atoms with van der Waals surface area (Å²) in [6, 6.07) is 13.8. The lowest BCUT2D eigenvalue weighted by molar-refractivity contribution is -0.126. The molecule has 5 nitrogen and oxygen atoms in total. The number of carbonyl (C=O) groups is 1. The second-order valence-corrected chi connectivity index (χ2v) is 9.79. The van der Waals surface area contributed by atoms with Crippen LogP contribution in [0.4, 0.5) is 0 Å². The number of hydrogen-bond acceptors (Lipinski definition) is 3. The van der Waals surface area contributed by atoms with Gasteiger partial charge in [-0.2, -0.15) is 4.31 Å². The largest absolute Gasteiger partial charge is 0.352 e. The van der Waals surface area contributed by atoms with Crippen molar-refractivity contribution in [3.8, 4) is 0 Å². The molecule has 27 heavy (non-hydrogen) atoms. The van der Waals surface area contributed by atoms with E-state index in [0.717, 1.165) is 10.0 Å². The molecule has 1 aliphatic rings. The molecule has 1 atom stereocenters. The molecule has 0 spiro atoms. The second kappa shape index (κ2) is 8.73. The molecule has 1 heterocycles. The molecule has 1 amide bonds. The third-order valence-corrected chi connectivity index (χ3v) is 7.25. The molecule has 1 N–H and O–H groups in total. The van der Waals surface area contributed by atoms with Gasteiger partial charge in [-0.05, 0) is 54.8 Å². The number of carbonyl (C=O) groups excluding carboxylic acids is 1. The lowest BCUT2D eigenvalue weighted by atomic mass is 9.99. The van der Waals surface area contributed by atoms with E-state index in [1.807, 2.05) is 12.1 Å². The van der Waals surface area contributed by atoms with Crippen molar-refractivity contribution in [3.05, 3.63) is 63.6 Å². The fraction of sp³-hybridized carbons (Fsp3) is 0.316. The Bertz CT molecular complexity index is 902. The van der Waals surface area contributed by atoms with Gasteiger partial charge in [-0.1, -0.05) is 39.7 Å². The SMILES string of the molecule is O=C(NCc1ccc(Cl)cc1)[C@@H]1CCCN(S(=O)(=O)c2ccc(Br)cc2)C1. The molecule has 144 valence electrons. The maximum Gasteiger partial charge on any atom is 0.243 e. The van der Waals surface area contributed by atoms with E-state index in [4.69, 9.17) is 11.6 Å². The van der Waals surface area contributed by atoms with Gasteiger partial charge in [0.05, 0.1) is 10.8 Å². The topological polar surface area (TPSA) is 66.5 Å². The molecular weight excluding hydrogens is 452 g/mol. The van der Waals surface area contributed by atoms with Crippen molar-refractivity contribution in [1.29, 1.82) is 0 Å². The van der Waals surface area contributed by atoms with Crippen molar-refractivity contribution < 1.29 is 13.2 Å². The van der Waals surface area contributed by atoms with Crippen LogP contribution in [0, 0.1) is 5.92 Å². The van der Waals surface area contributed by atoms with Crippen LogP contribution in [0.5, 0.6) is 0 Å². The Kier molecular flexibility index (Phi) is 6.57. The Hall–Kier alpha value is -1.41. The normalized spacial score (nSPS) is 18.2. The van der Waals surface area contributed by atoms with Crippen LogP contribution in [0.1, 0.15) is 18.4 Å². The van der Waals surface area contributed by atoms with Gasteiger partial charge in [-0.25, -0.2) is 8.42 Å². The van der Waals surface area contributed by atoms with Gasteiger partial charge >= 0.3 is 0 Å². The summed E-state index contributed by atoms with van der Waals surface area (Å²) in [5.74, 6) is -0.475. The van der Waals surface area contributed by atoms with Gasteiger partial charge < -0.3 is 5.32 Å². The number of hydrogen-bond donors (Lipinski definition) is 1. The highest BCUT2D eigenvalue weighted by Gasteiger charge is 2.33. The van der Waals surface area contributed by atoms with Gasteiger partial charge in [0.25, 0.3) is 0 Å². The second-order valence-electron chi connectivity index (χ2n) is 6.50. The van der Waals surface area contributed by atoms with Gasteiger partial charge in [0.1, 0.15) is 0 Å². The molecule has 0 saturated carbocycles. The molecule has 0 unspecified atom stereocenters. The first-order valence-corrected chi connectivity index (χ1v) is 11.3. The van der Waals surface area contributed by atoms with Gasteiger partial charge in [-0.3, -0.25) is 4.79 Å². The molecule has 3 rings (SSSR count). The van der Waals surface area contributed by atoms with E-state index in [0.29, 0.717) is 31.0 Å². The molecule has 1 fully saturated rings.